The van der Waals surface area contributed by atoms with E-state index in [1.54, 1.807) is 11.3 Å². The smallest absolute Gasteiger partial charge is 0.152 e. The molecule has 0 aliphatic heterocycles. The number of nitrogens with zero attached hydrogens (tertiary/aromatic N) is 4. The Morgan fingerprint density at radius 1 is 1.47 bits per heavy atom. The van der Waals surface area contributed by atoms with Gasteiger partial charge in [0.05, 0.1) is 0 Å². The first-order valence-electron chi connectivity index (χ1n) is 4.66. The fourth-order valence-corrected chi connectivity index (χ4v) is 1.70. The molecule has 0 N–H and O–H groups in total. The van der Waals surface area contributed by atoms with Crippen LogP contribution in [0.25, 0.3) is 11.4 Å². The highest BCUT2D eigenvalue weighted by Crippen LogP contribution is 2.16. The lowest BCUT2D eigenvalue weighted by Crippen LogP contribution is -2.00. The summed E-state index contributed by atoms with van der Waals surface area (Å²) in [6.07, 6.45) is 0.853. The fraction of sp³-hybridized carbons (Fsp3) is 0.300. The van der Waals surface area contributed by atoms with Gasteiger partial charge in [-0.05, 0) is 16.7 Å². The number of rotatable bonds is 2. The number of hydrogen-bond donors (Lipinski definition) is 0. The molecule has 76 valence electrons. The predicted octanol–water partition coefficient (Wildman–Crippen LogP) is 1.81. The third-order valence-electron chi connectivity index (χ3n) is 1.75. The van der Waals surface area contributed by atoms with Gasteiger partial charge in [-0.3, -0.25) is 0 Å². The molecule has 0 aliphatic rings. The molecule has 15 heavy (non-hydrogen) atoms. The maximum absolute atomic E-state index is 4.22. The topological polar surface area (TPSA) is 43.6 Å². The highest BCUT2D eigenvalue weighted by atomic mass is 32.1. The predicted molar refractivity (Wildman–Crippen MR) is 59.2 cm³/mol. The van der Waals surface area contributed by atoms with Gasteiger partial charge in [0.2, 0.25) is 5.82 Å². The van der Waals surface area contributed by atoms with E-state index in [1.165, 1.54) is 4.80 Å². The van der Waals surface area contributed by atoms with Gasteiger partial charge in [-0.2, -0.15) is 16.1 Å². The highest BCUT2D eigenvalue weighted by molar-refractivity contribution is 7.08. The summed E-state index contributed by atoms with van der Waals surface area (Å²) in [5, 5.41) is 16.1. The third kappa shape index (κ3) is 2.42. The van der Waals surface area contributed by atoms with Crippen LogP contribution in [-0.4, -0.2) is 20.2 Å². The van der Waals surface area contributed by atoms with E-state index >= 15 is 0 Å². The van der Waals surface area contributed by atoms with Crippen molar-refractivity contribution in [3.8, 4) is 23.2 Å². The van der Waals surface area contributed by atoms with Crippen LogP contribution in [-0.2, 0) is 6.54 Å². The van der Waals surface area contributed by atoms with E-state index in [9.17, 15) is 0 Å². The molecule has 2 aromatic heterocycles. The van der Waals surface area contributed by atoms with E-state index < -0.39 is 0 Å². The minimum Gasteiger partial charge on any atom is -0.152 e. The molecular formula is C10H10N4S. The fourth-order valence-electron chi connectivity index (χ4n) is 1.07. The number of tetrazole rings is 1. The first-order valence-corrected chi connectivity index (χ1v) is 5.60. The van der Waals surface area contributed by atoms with Gasteiger partial charge in [-0.25, -0.2) is 0 Å². The number of aromatic nitrogens is 4. The molecule has 0 saturated heterocycles. The minimum absolute atomic E-state index is 0.505. The van der Waals surface area contributed by atoms with Crippen molar-refractivity contribution in [2.75, 3.05) is 0 Å². The largest absolute Gasteiger partial charge is 0.205 e. The second-order valence-corrected chi connectivity index (χ2v) is 3.64. The summed E-state index contributed by atoms with van der Waals surface area (Å²) in [6.45, 7) is 2.52. The molecule has 2 heterocycles. The molecule has 2 rings (SSSR count). The molecule has 5 heteroatoms. The molecule has 2 aromatic rings. The molecule has 0 aromatic carbocycles. The Labute approximate surface area is 91.9 Å². The quantitative estimate of drug-likeness (QED) is 0.722. The monoisotopic (exact) mass is 218 g/mol. The van der Waals surface area contributed by atoms with Gasteiger partial charge in [0.25, 0.3) is 0 Å². The van der Waals surface area contributed by atoms with Gasteiger partial charge in [-0.15, -0.1) is 16.1 Å². The summed E-state index contributed by atoms with van der Waals surface area (Å²) < 4.78 is 0. The first kappa shape index (κ1) is 9.87. The number of thiophene rings is 1. The van der Waals surface area contributed by atoms with Gasteiger partial charge in [0.15, 0.2) is 0 Å². The van der Waals surface area contributed by atoms with Crippen LogP contribution < -0.4 is 0 Å². The zero-order chi connectivity index (χ0) is 10.5. The molecule has 0 fully saturated rings. The molecule has 0 bridgehead atoms. The van der Waals surface area contributed by atoms with Crippen molar-refractivity contribution in [3.05, 3.63) is 16.8 Å². The lowest BCUT2D eigenvalue weighted by molar-refractivity contribution is 0.592. The Balaban J connectivity index is 2.11. The molecule has 0 unspecified atom stereocenters. The third-order valence-corrected chi connectivity index (χ3v) is 2.44. The van der Waals surface area contributed by atoms with Crippen LogP contribution in [0.15, 0.2) is 16.8 Å². The molecule has 0 amide bonds. The van der Waals surface area contributed by atoms with Gasteiger partial charge >= 0.3 is 0 Å². The maximum atomic E-state index is 4.22. The van der Waals surface area contributed by atoms with E-state index in [0.29, 0.717) is 12.4 Å². The van der Waals surface area contributed by atoms with Crippen LogP contribution in [0.2, 0.25) is 0 Å². The maximum Gasteiger partial charge on any atom is 0.205 e. The first-order chi connectivity index (χ1) is 7.40. The summed E-state index contributed by atoms with van der Waals surface area (Å²) >= 11 is 1.62. The molecule has 0 aliphatic carbocycles. The summed E-state index contributed by atoms with van der Waals surface area (Å²) in [5.41, 5.74) is 1.01. The Morgan fingerprint density at radius 3 is 3.13 bits per heavy atom. The van der Waals surface area contributed by atoms with Crippen LogP contribution in [0.3, 0.4) is 0 Å². The van der Waals surface area contributed by atoms with Crippen molar-refractivity contribution in [1.29, 1.82) is 0 Å². The Kier molecular flexibility index (Phi) is 3.10. The zero-order valence-corrected chi connectivity index (χ0v) is 9.16. The van der Waals surface area contributed by atoms with Crippen LogP contribution in [0.4, 0.5) is 0 Å². The standard InChI is InChI=1S/C10H10N4S/c1-2-3-4-6-14-12-10(11-13-14)9-5-7-15-8-9/h5,7-8H,2,6H2,1H3. The normalized spacial score (nSPS) is 9.67. The van der Waals surface area contributed by atoms with E-state index in [1.807, 2.05) is 23.8 Å². The summed E-state index contributed by atoms with van der Waals surface area (Å²) in [4.78, 5) is 1.51. The van der Waals surface area contributed by atoms with Crippen molar-refractivity contribution in [1.82, 2.24) is 20.2 Å². The lowest BCUT2D eigenvalue weighted by Gasteiger charge is -1.87. The second-order valence-electron chi connectivity index (χ2n) is 2.86. The van der Waals surface area contributed by atoms with Gasteiger partial charge in [0, 0.05) is 17.4 Å². The Bertz CT molecular complexity index is 475. The van der Waals surface area contributed by atoms with Crippen LogP contribution in [0.5, 0.6) is 0 Å². The van der Waals surface area contributed by atoms with Gasteiger partial charge in [0.1, 0.15) is 6.54 Å². The van der Waals surface area contributed by atoms with Crippen LogP contribution in [0.1, 0.15) is 13.3 Å². The SMILES string of the molecule is CCC#CCn1nnc(-c2ccsc2)n1. The summed E-state index contributed by atoms with van der Waals surface area (Å²) in [5.74, 6) is 6.59. The zero-order valence-electron chi connectivity index (χ0n) is 8.34. The van der Waals surface area contributed by atoms with Gasteiger partial charge in [-0.1, -0.05) is 12.8 Å². The van der Waals surface area contributed by atoms with Crippen LogP contribution >= 0.6 is 11.3 Å². The summed E-state index contributed by atoms with van der Waals surface area (Å²) in [6, 6.07) is 1.98. The van der Waals surface area contributed by atoms with E-state index in [-0.39, 0.29) is 0 Å². The van der Waals surface area contributed by atoms with Crippen molar-refractivity contribution in [3.63, 3.8) is 0 Å². The lowest BCUT2D eigenvalue weighted by atomic mass is 10.3. The van der Waals surface area contributed by atoms with E-state index in [4.69, 9.17) is 0 Å². The van der Waals surface area contributed by atoms with Crippen molar-refractivity contribution in [2.24, 2.45) is 0 Å². The Hall–Kier alpha value is -1.67. The molecular weight excluding hydrogens is 208 g/mol. The van der Waals surface area contributed by atoms with Crippen LogP contribution in [0, 0.1) is 11.8 Å². The van der Waals surface area contributed by atoms with E-state index in [2.05, 4.69) is 27.3 Å². The van der Waals surface area contributed by atoms with Crippen molar-refractivity contribution >= 4 is 11.3 Å². The number of hydrogen-bond acceptors (Lipinski definition) is 4. The molecule has 0 saturated carbocycles. The highest BCUT2D eigenvalue weighted by Gasteiger charge is 2.04. The van der Waals surface area contributed by atoms with Gasteiger partial charge < -0.3 is 0 Å². The molecule has 0 atom stereocenters. The van der Waals surface area contributed by atoms with Crippen molar-refractivity contribution in [2.45, 2.75) is 19.9 Å². The average Bonchev–Trinajstić information content (AvgIpc) is 2.87. The molecule has 0 radical (unpaired) electrons. The molecule has 4 nitrogen and oxygen atoms in total. The van der Waals surface area contributed by atoms with Crippen molar-refractivity contribution < 1.29 is 0 Å². The average molecular weight is 218 g/mol. The Morgan fingerprint density at radius 2 is 2.40 bits per heavy atom. The van der Waals surface area contributed by atoms with E-state index in [0.717, 1.165) is 12.0 Å². The molecule has 0 spiro atoms. The minimum atomic E-state index is 0.505. The summed E-state index contributed by atoms with van der Waals surface area (Å²) in [7, 11) is 0. The second kappa shape index (κ2) is 4.71.